The van der Waals surface area contributed by atoms with Gasteiger partial charge in [-0.2, -0.15) is 4.98 Å². The third kappa shape index (κ3) is 5.48. The first kappa shape index (κ1) is 21.5. The number of rotatable bonds is 7. The minimum Gasteiger partial charge on any atom is -0.338 e. The fraction of sp³-hybridized carbons (Fsp3) is 0.217. The van der Waals surface area contributed by atoms with Gasteiger partial charge in [0.25, 0.3) is 0 Å². The molecule has 0 unspecified atom stereocenters. The summed E-state index contributed by atoms with van der Waals surface area (Å²) >= 11 is 7.26. The second-order valence-electron chi connectivity index (χ2n) is 7.48. The first-order chi connectivity index (χ1) is 15.0. The minimum atomic E-state index is -0.488. The largest absolute Gasteiger partial charge is 0.338 e. The zero-order chi connectivity index (χ0) is 21.8. The number of hydrogen-bond donors (Lipinski definition) is 0. The molecule has 2 heterocycles. The average molecular weight is 455 g/mol. The van der Waals surface area contributed by atoms with Crippen LogP contribution in [0.25, 0.3) is 22.6 Å². The number of aromatic nitrogens is 4. The van der Waals surface area contributed by atoms with Crippen LogP contribution < -0.4 is 0 Å². The van der Waals surface area contributed by atoms with Crippen LogP contribution in [0, 0.1) is 11.7 Å². The molecule has 31 heavy (non-hydrogen) atoms. The lowest BCUT2D eigenvalue weighted by atomic mass is 10.0. The Morgan fingerprint density at radius 1 is 1.00 bits per heavy atom. The highest BCUT2D eigenvalue weighted by molar-refractivity contribution is 7.98. The third-order valence-corrected chi connectivity index (χ3v) is 5.72. The van der Waals surface area contributed by atoms with Crippen LogP contribution in [0.1, 0.15) is 25.3 Å². The number of benzene rings is 2. The van der Waals surface area contributed by atoms with E-state index in [0.717, 1.165) is 22.7 Å². The van der Waals surface area contributed by atoms with E-state index in [4.69, 9.17) is 16.1 Å². The Bertz CT molecular complexity index is 1160. The zero-order valence-electron chi connectivity index (χ0n) is 17.0. The first-order valence-corrected chi connectivity index (χ1v) is 11.2. The Morgan fingerprint density at radius 3 is 2.45 bits per heavy atom. The number of hydrogen-bond acceptors (Lipinski definition) is 6. The standard InChI is InChI=1S/C23H20ClFN4OS/c1-14(2)11-15-3-5-16(6-4-15)20-9-10-22(28-27-20)31-13-21-26-23(29-30-21)17-7-8-19(25)18(24)12-17/h3-10,12,14H,11,13H2,1-2H3. The molecule has 2 aromatic heterocycles. The van der Waals surface area contributed by atoms with Gasteiger partial charge in [0.2, 0.25) is 11.7 Å². The van der Waals surface area contributed by atoms with Crippen molar-refractivity contribution >= 4 is 23.4 Å². The van der Waals surface area contributed by atoms with Crippen LogP contribution >= 0.6 is 23.4 Å². The third-order valence-electron chi connectivity index (χ3n) is 4.52. The molecule has 0 spiro atoms. The van der Waals surface area contributed by atoms with E-state index >= 15 is 0 Å². The van der Waals surface area contributed by atoms with E-state index in [9.17, 15) is 4.39 Å². The van der Waals surface area contributed by atoms with Crippen LogP contribution in [0.15, 0.2) is 64.1 Å². The van der Waals surface area contributed by atoms with E-state index in [-0.39, 0.29) is 5.02 Å². The summed E-state index contributed by atoms with van der Waals surface area (Å²) in [7, 11) is 0. The Kier molecular flexibility index (Phi) is 6.63. The van der Waals surface area contributed by atoms with Crippen molar-refractivity contribution in [2.75, 3.05) is 0 Å². The van der Waals surface area contributed by atoms with Crippen molar-refractivity contribution in [1.82, 2.24) is 20.3 Å². The van der Waals surface area contributed by atoms with Crippen molar-refractivity contribution in [3.8, 4) is 22.6 Å². The molecule has 4 aromatic rings. The maximum Gasteiger partial charge on any atom is 0.237 e. The van der Waals surface area contributed by atoms with Gasteiger partial charge in [-0.3, -0.25) is 0 Å². The first-order valence-electron chi connectivity index (χ1n) is 9.82. The lowest BCUT2D eigenvalue weighted by Gasteiger charge is -2.06. The van der Waals surface area contributed by atoms with E-state index in [1.807, 2.05) is 12.1 Å². The molecular weight excluding hydrogens is 435 g/mol. The summed E-state index contributed by atoms with van der Waals surface area (Å²) in [5.74, 6) is 1.38. The van der Waals surface area contributed by atoms with Crippen LogP contribution in [-0.4, -0.2) is 20.3 Å². The Labute approximate surface area is 189 Å². The van der Waals surface area contributed by atoms with Crippen molar-refractivity contribution in [2.24, 2.45) is 5.92 Å². The summed E-state index contributed by atoms with van der Waals surface area (Å²) in [6.45, 7) is 4.42. The molecule has 0 N–H and O–H groups in total. The molecule has 158 valence electrons. The van der Waals surface area contributed by atoms with Crippen LogP contribution in [0.3, 0.4) is 0 Å². The van der Waals surface area contributed by atoms with E-state index < -0.39 is 5.82 Å². The van der Waals surface area contributed by atoms with Gasteiger partial charge in [0.05, 0.1) is 16.5 Å². The minimum absolute atomic E-state index is 0.0168. The maximum absolute atomic E-state index is 13.3. The molecule has 0 aliphatic heterocycles. The molecular formula is C23H20ClFN4OS. The topological polar surface area (TPSA) is 64.7 Å². The summed E-state index contributed by atoms with van der Waals surface area (Å²) < 4.78 is 18.6. The molecule has 4 rings (SSSR count). The van der Waals surface area contributed by atoms with Gasteiger partial charge in [0.15, 0.2) is 0 Å². The monoisotopic (exact) mass is 454 g/mol. The Morgan fingerprint density at radius 2 is 1.77 bits per heavy atom. The van der Waals surface area contributed by atoms with Gasteiger partial charge in [-0.25, -0.2) is 4.39 Å². The van der Waals surface area contributed by atoms with Crippen molar-refractivity contribution in [3.05, 3.63) is 76.9 Å². The average Bonchev–Trinajstić information content (AvgIpc) is 3.24. The fourth-order valence-electron chi connectivity index (χ4n) is 3.04. The van der Waals surface area contributed by atoms with Gasteiger partial charge in [-0.15, -0.1) is 10.2 Å². The molecule has 2 aromatic carbocycles. The quantitative estimate of drug-likeness (QED) is 0.298. The number of nitrogens with zero attached hydrogens (tertiary/aromatic N) is 4. The summed E-state index contributed by atoms with van der Waals surface area (Å²) in [6, 6.07) is 16.6. The second kappa shape index (κ2) is 9.58. The summed E-state index contributed by atoms with van der Waals surface area (Å²) in [6.07, 6.45) is 1.06. The number of halogens is 2. The molecule has 0 saturated carbocycles. The molecule has 0 aliphatic rings. The molecule has 0 radical (unpaired) electrons. The van der Waals surface area contributed by atoms with Crippen molar-refractivity contribution in [2.45, 2.75) is 31.0 Å². The van der Waals surface area contributed by atoms with Gasteiger partial charge in [0, 0.05) is 11.1 Å². The second-order valence-corrected chi connectivity index (χ2v) is 8.88. The molecule has 5 nitrogen and oxygen atoms in total. The van der Waals surface area contributed by atoms with Crippen LogP contribution in [0.2, 0.25) is 5.02 Å². The van der Waals surface area contributed by atoms with Gasteiger partial charge >= 0.3 is 0 Å². The van der Waals surface area contributed by atoms with Crippen LogP contribution in [0.4, 0.5) is 4.39 Å². The molecule has 0 amide bonds. The van der Waals surface area contributed by atoms with Gasteiger partial charge < -0.3 is 4.52 Å². The molecule has 8 heteroatoms. The number of thioether (sulfide) groups is 1. The van der Waals surface area contributed by atoms with E-state index in [0.29, 0.717) is 28.9 Å². The molecule has 0 fully saturated rings. The van der Waals surface area contributed by atoms with E-state index in [1.165, 1.54) is 29.5 Å². The normalized spacial score (nSPS) is 11.3. The zero-order valence-corrected chi connectivity index (χ0v) is 18.6. The van der Waals surface area contributed by atoms with Crippen molar-refractivity contribution < 1.29 is 8.91 Å². The molecule has 0 atom stereocenters. The highest BCUT2D eigenvalue weighted by Crippen LogP contribution is 2.26. The summed E-state index contributed by atoms with van der Waals surface area (Å²) in [5.41, 5.74) is 3.78. The predicted octanol–water partition coefficient (Wildman–Crippen LogP) is 6.48. The lowest BCUT2D eigenvalue weighted by Crippen LogP contribution is -1.94. The SMILES string of the molecule is CC(C)Cc1ccc(-c2ccc(SCc3nc(-c4ccc(F)c(Cl)c4)no3)nn2)cc1. The van der Waals surface area contributed by atoms with Gasteiger partial charge in [0.1, 0.15) is 10.8 Å². The Hall–Kier alpha value is -2.77. The molecule has 0 bridgehead atoms. The fourth-order valence-corrected chi connectivity index (χ4v) is 3.87. The Balaban J connectivity index is 1.37. The lowest BCUT2D eigenvalue weighted by molar-refractivity contribution is 0.391. The van der Waals surface area contributed by atoms with E-state index in [2.05, 4.69) is 58.5 Å². The molecule has 0 aliphatic carbocycles. The van der Waals surface area contributed by atoms with Gasteiger partial charge in [-0.05, 0) is 48.2 Å². The van der Waals surface area contributed by atoms with Crippen molar-refractivity contribution in [3.63, 3.8) is 0 Å². The maximum atomic E-state index is 13.3. The van der Waals surface area contributed by atoms with Crippen LogP contribution in [-0.2, 0) is 12.2 Å². The summed E-state index contributed by atoms with van der Waals surface area (Å²) in [4.78, 5) is 4.33. The smallest absolute Gasteiger partial charge is 0.237 e. The van der Waals surface area contributed by atoms with E-state index in [1.54, 1.807) is 6.07 Å². The van der Waals surface area contributed by atoms with Gasteiger partial charge in [-0.1, -0.05) is 66.6 Å². The van der Waals surface area contributed by atoms with Crippen molar-refractivity contribution in [1.29, 1.82) is 0 Å². The highest BCUT2D eigenvalue weighted by Gasteiger charge is 2.12. The molecule has 0 saturated heterocycles. The summed E-state index contributed by atoms with van der Waals surface area (Å²) in [5, 5.41) is 13.3. The van der Waals surface area contributed by atoms with Crippen LogP contribution in [0.5, 0.6) is 0 Å². The highest BCUT2D eigenvalue weighted by atomic mass is 35.5. The predicted molar refractivity (Wildman–Crippen MR) is 120 cm³/mol.